The third-order valence-electron chi connectivity index (χ3n) is 3.33. The van der Waals surface area contributed by atoms with Crippen LogP contribution in [0.3, 0.4) is 0 Å². The van der Waals surface area contributed by atoms with E-state index in [1.807, 2.05) is 6.92 Å². The van der Waals surface area contributed by atoms with Crippen LogP contribution in [0.4, 0.5) is 0 Å². The van der Waals surface area contributed by atoms with Crippen LogP contribution in [0.1, 0.15) is 38.0 Å². The average molecular weight is 295 g/mol. The zero-order valence-electron chi connectivity index (χ0n) is 12.3. The van der Waals surface area contributed by atoms with Gasteiger partial charge in [0.2, 0.25) is 11.8 Å². The fourth-order valence-corrected chi connectivity index (χ4v) is 1.82. The normalized spacial score (nSPS) is 15.6. The first-order chi connectivity index (χ1) is 9.99. The van der Waals surface area contributed by atoms with Gasteiger partial charge in [-0.1, -0.05) is 12.1 Å². The van der Waals surface area contributed by atoms with Crippen molar-refractivity contribution in [1.82, 2.24) is 25.2 Å². The maximum Gasteiger partial charge on any atom is 0.244 e. The van der Waals surface area contributed by atoms with Gasteiger partial charge in [-0.15, -0.1) is 5.10 Å². The highest BCUT2D eigenvalue weighted by Crippen LogP contribution is 2.18. The second-order valence-corrected chi connectivity index (χ2v) is 5.36. The van der Waals surface area contributed by atoms with Crippen LogP contribution in [0.5, 0.6) is 0 Å². The van der Waals surface area contributed by atoms with Crippen LogP contribution in [-0.2, 0) is 16.1 Å². The van der Waals surface area contributed by atoms with E-state index >= 15 is 0 Å². The lowest BCUT2D eigenvalue weighted by atomic mass is 10.2. The average Bonchev–Trinajstić information content (AvgIpc) is 3.13. The Hall–Kier alpha value is -1.96. The minimum absolute atomic E-state index is 0.00333. The standard InChI is InChI=1S/C13H21N5O3/c1-3-11(19)10-6-18(16-15-10)8-13(21)17(2)7-12(20)14-9-4-5-9/h6,9,11,19H,3-5,7-8H2,1-2H3,(H,14,20). The summed E-state index contributed by atoms with van der Waals surface area (Å²) in [6.45, 7) is 1.87. The van der Waals surface area contributed by atoms with E-state index in [1.165, 1.54) is 9.58 Å². The number of aliphatic hydroxyl groups excluding tert-OH is 1. The van der Waals surface area contributed by atoms with Crippen molar-refractivity contribution >= 4 is 11.8 Å². The third-order valence-corrected chi connectivity index (χ3v) is 3.33. The van der Waals surface area contributed by atoms with Gasteiger partial charge in [-0.05, 0) is 19.3 Å². The summed E-state index contributed by atoms with van der Waals surface area (Å²) in [5, 5.41) is 20.1. The van der Waals surface area contributed by atoms with E-state index in [1.54, 1.807) is 13.2 Å². The third kappa shape index (κ3) is 4.52. The van der Waals surface area contributed by atoms with Gasteiger partial charge in [0.1, 0.15) is 12.2 Å². The topological polar surface area (TPSA) is 100 Å². The number of aromatic nitrogens is 3. The molecule has 2 amide bonds. The lowest BCUT2D eigenvalue weighted by Gasteiger charge is -2.16. The number of rotatable bonds is 7. The summed E-state index contributed by atoms with van der Waals surface area (Å²) in [7, 11) is 1.58. The molecule has 2 N–H and O–H groups in total. The Morgan fingerprint density at radius 1 is 1.57 bits per heavy atom. The van der Waals surface area contributed by atoms with Gasteiger partial charge < -0.3 is 15.3 Å². The van der Waals surface area contributed by atoms with E-state index in [2.05, 4.69) is 15.6 Å². The highest BCUT2D eigenvalue weighted by molar-refractivity contribution is 5.84. The molecule has 1 aromatic rings. The van der Waals surface area contributed by atoms with Gasteiger partial charge in [0.15, 0.2) is 0 Å². The molecular formula is C13H21N5O3. The van der Waals surface area contributed by atoms with Crippen molar-refractivity contribution in [1.29, 1.82) is 0 Å². The van der Waals surface area contributed by atoms with Crippen LogP contribution in [0.15, 0.2) is 6.20 Å². The van der Waals surface area contributed by atoms with Crippen LogP contribution < -0.4 is 5.32 Å². The fourth-order valence-electron chi connectivity index (χ4n) is 1.82. The molecule has 1 heterocycles. The fraction of sp³-hybridized carbons (Fsp3) is 0.692. The molecule has 0 aromatic carbocycles. The summed E-state index contributed by atoms with van der Waals surface area (Å²) in [4.78, 5) is 25.0. The Morgan fingerprint density at radius 3 is 2.90 bits per heavy atom. The molecule has 0 bridgehead atoms. The summed E-state index contributed by atoms with van der Waals surface area (Å²) < 4.78 is 1.37. The molecule has 1 aliphatic carbocycles. The van der Waals surface area contributed by atoms with Crippen LogP contribution in [0.2, 0.25) is 0 Å². The van der Waals surface area contributed by atoms with Gasteiger partial charge in [0.05, 0.1) is 18.8 Å². The molecular weight excluding hydrogens is 274 g/mol. The first-order valence-corrected chi connectivity index (χ1v) is 7.11. The molecule has 0 saturated heterocycles. The number of amides is 2. The van der Waals surface area contributed by atoms with Crippen molar-refractivity contribution in [2.24, 2.45) is 0 Å². The van der Waals surface area contributed by atoms with Crippen LogP contribution in [0, 0.1) is 0 Å². The molecule has 1 atom stereocenters. The summed E-state index contributed by atoms with van der Waals surface area (Å²) in [5.41, 5.74) is 0.444. The van der Waals surface area contributed by atoms with Crippen LogP contribution >= 0.6 is 0 Å². The van der Waals surface area contributed by atoms with E-state index < -0.39 is 6.10 Å². The molecule has 0 spiro atoms. The molecule has 116 valence electrons. The maximum absolute atomic E-state index is 12.0. The van der Waals surface area contributed by atoms with Gasteiger partial charge in [-0.3, -0.25) is 9.59 Å². The van der Waals surface area contributed by atoms with Crippen molar-refractivity contribution in [3.63, 3.8) is 0 Å². The predicted octanol–water partition coefficient (Wildman–Crippen LogP) is -0.541. The van der Waals surface area contributed by atoms with Gasteiger partial charge in [-0.25, -0.2) is 4.68 Å². The zero-order chi connectivity index (χ0) is 15.4. The number of hydrogen-bond acceptors (Lipinski definition) is 5. The summed E-state index contributed by atoms with van der Waals surface area (Å²) >= 11 is 0. The first kappa shape index (κ1) is 15.4. The zero-order valence-corrected chi connectivity index (χ0v) is 12.3. The minimum atomic E-state index is -0.670. The number of carbonyl (C=O) groups excluding carboxylic acids is 2. The Labute approximate surface area is 123 Å². The lowest BCUT2D eigenvalue weighted by Crippen LogP contribution is -2.40. The molecule has 1 aliphatic rings. The monoisotopic (exact) mass is 295 g/mol. The molecule has 2 rings (SSSR count). The van der Waals surface area contributed by atoms with Crippen molar-refractivity contribution < 1.29 is 14.7 Å². The lowest BCUT2D eigenvalue weighted by molar-refractivity contribution is -0.135. The Morgan fingerprint density at radius 2 is 2.29 bits per heavy atom. The van der Waals surface area contributed by atoms with E-state index in [9.17, 15) is 14.7 Å². The predicted molar refractivity (Wildman–Crippen MR) is 74.1 cm³/mol. The number of nitrogens with zero attached hydrogens (tertiary/aromatic N) is 4. The Balaban J connectivity index is 1.82. The van der Waals surface area contributed by atoms with Gasteiger partial charge in [-0.2, -0.15) is 0 Å². The molecule has 1 unspecified atom stereocenters. The minimum Gasteiger partial charge on any atom is -0.387 e. The molecule has 21 heavy (non-hydrogen) atoms. The number of hydrogen-bond donors (Lipinski definition) is 2. The van der Waals surface area contributed by atoms with Crippen molar-refractivity contribution in [3.8, 4) is 0 Å². The largest absolute Gasteiger partial charge is 0.387 e. The van der Waals surface area contributed by atoms with Gasteiger partial charge in [0, 0.05) is 13.1 Å². The SMILES string of the molecule is CCC(O)c1cn(CC(=O)N(C)CC(=O)NC2CC2)nn1. The van der Waals surface area contributed by atoms with E-state index in [0.717, 1.165) is 12.8 Å². The number of likely N-dealkylation sites (N-methyl/N-ethyl adjacent to an activating group) is 1. The van der Waals surface area contributed by atoms with Crippen LogP contribution in [0.25, 0.3) is 0 Å². The molecule has 8 heteroatoms. The molecule has 1 fully saturated rings. The summed E-state index contributed by atoms with van der Waals surface area (Å²) in [6, 6.07) is 0.286. The van der Waals surface area contributed by atoms with Crippen molar-refractivity contribution in [2.45, 2.75) is 44.9 Å². The smallest absolute Gasteiger partial charge is 0.244 e. The number of carbonyl (C=O) groups is 2. The molecule has 1 saturated carbocycles. The van der Waals surface area contributed by atoms with E-state index in [-0.39, 0.29) is 30.9 Å². The molecule has 8 nitrogen and oxygen atoms in total. The van der Waals surface area contributed by atoms with Crippen molar-refractivity contribution in [2.75, 3.05) is 13.6 Å². The van der Waals surface area contributed by atoms with Crippen LogP contribution in [-0.4, -0.2) is 56.4 Å². The second kappa shape index (κ2) is 6.66. The maximum atomic E-state index is 12.0. The first-order valence-electron chi connectivity index (χ1n) is 7.11. The van der Waals surface area contributed by atoms with E-state index in [0.29, 0.717) is 12.1 Å². The quantitative estimate of drug-likeness (QED) is 0.703. The summed E-state index contributed by atoms with van der Waals surface area (Å²) in [5.74, 6) is -0.377. The Bertz CT molecular complexity index is 512. The van der Waals surface area contributed by atoms with E-state index in [4.69, 9.17) is 0 Å². The molecule has 1 aromatic heterocycles. The summed E-state index contributed by atoms with van der Waals surface area (Å²) in [6.07, 6.45) is 3.45. The second-order valence-electron chi connectivity index (χ2n) is 5.36. The van der Waals surface area contributed by atoms with Gasteiger partial charge >= 0.3 is 0 Å². The van der Waals surface area contributed by atoms with Crippen molar-refractivity contribution in [3.05, 3.63) is 11.9 Å². The highest BCUT2D eigenvalue weighted by Gasteiger charge is 2.24. The molecule has 0 radical (unpaired) electrons. The highest BCUT2D eigenvalue weighted by atomic mass is 16.3. The molecule has 0 aliphatic heterocycles. The number of aliphatic hydroxyl groups is 1. The number of nitrogens with one attached hydrogen (secondary N) is 1. The van der Waals surface area contributed by atoms with Gasteiger partial charge in [0.25, 0.3) is 0 Å². The Kier molecular flexibility index (Phi) is 4.89.